The molecule has 0 unspecified atom stereocenters. The van der Waals surface area contributed by atoms with E-state index in [1.165, 1.54) is 5.56 Å². The van der Waals surface area contributed by atoms with Gasteiger partial charge in [0.1, 0.15) is 0 Å². The van der Waals surface area contributed by atoms with Crippen molar-refractivity contribution in [3.8, 4) is 11.3 Å². The van der Waals surface area contributed by atoms with E-state index < -0.39 is 0 Å². The SMILES string of the molecule is Cc1ccc(Nc2nccc(-c3ccncc3)n2)cc1. The van der Waals surface area contributed by atoms with Crippen molar-refractivity contribution in [2.75, 3.05) is 5.32 Å². The van der Waals surface area contributed by atoms with Gasteiger partial charge in [0, 0.05) is 29.8 Å². The van der Waals surface area contributed by atoms with E-state index in [-0.39, 0.29) is 0 Å². The number of aromatic nitrogens is 3. The van der Waals surface area contributed by atoms with Gasteiger partial charge in [-0.25, -0.2) is 9.97 Å². The largest absolute Gasteiger partial charge is 0.324 e. The summed E-state index contributed by atoms with van der Waals surface area (Å²) in [6.45, 7) is 2.06. The number of aryl methyl sites for hydroxylation is 1. The number of nitrogens with zero attached hydrogens (tertiary/aromatic N) is 3. The van der Waals surface area contributed by atoms with Crippen molar-refractivity contribution in [3.63, 3.8) is 0 Å². The maximum absolute atomic E-state index is 4.51. The summed E-state index contributed by atoms with van der Waals surface area (Å²) in [6, 6.07) is 13.9. The molecule has 3 aromatic rings. The van der Waals surface area contributed by atoms with Crippen molar-refractivity contribution < 1.29 is 0 Å². The lowest BCUT2D eigenvalue weighted by molar-refractivity contribution is 1.17. The zero-order valence-corrected chi connectivity index (χ0v) is 11.1. The van der Waals surface area contributed by atoms with E-state index in [4.69, 9.17) is 0 Å². The molecule has 1 aromatic carbocycles. The smallest absolute Gasteiger partial charge is 0.227 e. The molecule has 0 saturated heterocycles. The first-order valence-electron chi connectivity index (χ1n) is 6.38. The second-order valence-electron chi connectivity index (χ2n) is 4.49. The van der Waals surface area contributed by atoms with Gasteiger partial charge in [-0.05, 0) is 37.3 Å². The molecule has 1 N–H and O–H groups in total. The van der Waals surface area contributed by atoms with Gasteiger partial charge in [0.05, 0.1) is 5.69 Å². The second-order valence-corrected chi connectivity index (χ2v) is 4.49. The topological polar surface area (TPSA) is 50.7 Å². The van der Waals surface area contributed by atoms with Crippen LogP contribution in [-0.4, -0.2) is 15.0 Å². The molecule has 0 atom stereocenters. The summed E-state index contributed by atoms with van der Waals surface area (Å²) in [4.78, 5) is 12.8. The fourth-order valence-corrected chi connectivity index (χ4v) is 1.87. The Bertz CT molecular complexity index is 693. The summed E-state index contributed by atoms with van der Waals surface area (Å²) >= 11 is 0. The third-order valence-corrected chi connectivity index (χ3v) is 2.94. The van der Waals surface area contributed by atoms with Crippen LogP contribution in [0.2, 0.25) is 0 Å². The number of anilines is 2. The molecule has 0 aliphatic rings. The van der Waals surface area contributed by atoms with Gasteiger partial charge in [-0.1, -0.05) is 17.7 Å². The Labute approximate surface area is 117 Å². The second kappa shape index (κ2) is 5.48. The zero-order valence-electron chi connectivity index (χ0n) is 11.1. The molecule has 0 saturated carbocycles. The highest BCUT2D eigenvalue weighted by Crippen LogP contribution is 2.18. The summed E-state index contributed by atoms with van der Waals surface area (Å²) in [5, 5.41) is 3.20. The predicted octanol–water partition coefficient (Wildman–Crippen LogP) is 3.59. The minimum absolute atomic E-state index is 0.586. The third kappa shape index (κ3) is 2.80. The van der Waals surface area contributed by atoms with Crippen molar-refractivity contribution >= 4 is 11.6 Å². The highest BCUT2D eigenvalue weighted by Gasteiger charge is 2.02. The first-order valence-corrected chi connectivity index (χ1v) is 6.38. The molecule has 0 bridgehead atoms. The predicted molar refractivity (Wildman–Crippen MR) is 79.7 cm³/mol. The maximum atomic E-state index is 4.51. The summed E-state index contributed by atoms with van der Waals surface area (Å²) in [6.07, 6.45) is 5.26. The number of nitrogens with one attached hydrogen (secondary N) is 1. The lowest BCUT2D eigenvalue weighted by atomic mass is 10.2. The standard InChI is InChI=1S/C16H14N4/c1-12-2-4-14(5-3-12)19-16-18-11-8-15(20-16)13-6-9-17-10-7-13/h2-11H,1H3,(H,18,19,20). The van der Waals surface area contributed by atoms with Crippen LogP contribution in [0.25, 0.3) is 11.3 Å². The van der Waals surface area contributed by atoms with Crippen LogP contribution in [0.1, 0.15) is 5.56 Å². The highest BCUT2D eigenvalue weighted by molar-refractivity contribution is 5.61. The average Bonchev–Trinajstić information content (AvgIpc) is 2.51. The van der Waals surface area contributed by atoms with Crippen LogP contribution < -0.4 is 5.32 Å². The quantitative estimate of drug-likeness (QED) is 0.783. The van der Waals surface area contributed by atoms with E-state index in [2.05, 4.69) is 39.3 Å². The van der Waals surface area contributed by atoms with Crippen LogP contribution in [-0.2, 0) is 0 Å². The molecule has 0 aliphatic heterocycles. The molecule has 0 amide bonds. The van der Waals surface area contributed by atoms with Crippen LogP contribution >= 0.6 is 0 Å². The highest BCUT2D eigenvalue weighted by atomic mass is 15.1. The van der Waals surface area contributed by atoms with E-state index >= 15 is 0 Å². The van der Waals surface area contributed by atoms with E-state index in [9.17, 15) is 0 Å². The fourth-order valence-electron chi connectivity index (χ4n) is 1.87. The number of hydrogen-bond acceptors (Lipinski definition) is 4. The average molecular weight is 262 g/mol. The van der Waals surface area contributed by atoms with E-state index in [1.807, 2.05) is 30.3 Å². The monoisotopic (exact) mass is 262 g/mol. The van der Waals surface area contributed by atoms with Crippen molar-refractivity contribution in [3.05, 3.63) is 66.6 Å². The van der Waals surface area contributed by atoms with Gasteiger partial charge in [-0.3, -0.25) is 4.98 Å². The zero-order chi connectivity index (χ0) is 13.8. The molecule has 0 radical (unpaired) electrons. The number of rotatable bonds is 3. The Morgan fingerprint density at radius 1 is 0.850 bits per heavy atom. The van der Waals surface area contributed by atoms with E-state index in [1.54, 1.807) is 18.6 Å². The van der Waals surface area contributed by atoms with Gasteiger partial charge in [-0.15, -0.1) is 0 Å². The van der Waals surface area contributed by atoms with Crippen LogP contribution in [0.5, 0.6) is 0 Å². The Kier molecular flexibility index (Phi) is 3.37. The Balaban J connectivity index is 1.86. The molecule has 0 spiro atoms. The van der Waals surface area contributed by atoms with Gasteiger partial charge in [0.2, 0.25) is 5.95 Å². The van der Waals surface area contributed by atoms with Crippen molar-refractivity contribution in [2.45, 2.75) is 6.92 Å². The van der Waals surface area contributed by atoms with E-state index in [0.29, 0.717) is 5.95 Å². The number of hydrogen-bond donors (Lipinski definition) is 1. The van der Waals surface area contributed by atoms with Crippen LogP contribution in [0.15, 0.2) is 61.1 Å². The first kappa shape index (κ1) is 12.3. The first-order chi connectivity index (χ1) is 9.81. The fraction of sp³-hybridized carbons (Fsp3) is 0.0625. The Hall–Kier alpha value is -2.75. The lowest BCUT2D eigenvalue weighted by Crippen LogP contribution is -1.97. The number of pyridine rings is 1. The summed E-state index contributed by atoms with van der Waals surface area (Å²) in [5.74, 6) is 0.586. The van der Waals surface area contributed by atoms with Gasteiger partial charge in [0.25, 0.3) is 0 Å². The minimum atomic E-state index is 0.586. The molecule has 4 nitrogen and oxygen atoms in total. The van der Waals surface area contributed by atoms with Crippen molar-refractivity contribution in [1.29, 1.82) is 0 Å². The van der Waals surface area contributed by atoms with Crippen LogP contribution in [0, 0.1) is 6.92 Å². The molecule has 2 heterocycles. The molecular formula is C16H14N4. The lowest BCUT2D eigenvalue weighted by Gasteiger charge is -2.06. The summed E-state index contributed by atoms with van der Waals surface area (Å²) in [7, 11) is 0. The van der Waals surface area contributed by atoms with Crippen molar-refractivity contribution in [2.24, 2.45) is 0 Å². The molecule has 2 aromatic heterocycles. The Morgan fingerprint density at radius 3 is 2.35 bits per heavy atom. The van der Waals surface area contributed by atoms with Crippen molar-refractivity contribution in [1.82, 2.24) is 15.0 Å². The van der Waals surface area contributed by atoms with Gasteiger partial charge in [-0.2, -0.15) is 0 Å². The molecule has 3 rings (SSSR count). The minimum Gasteiger partial charge on any atom is -0.324 e. The third-order valence-electron chi connectivity index (χ3n) is 2.94. The molecule has 0 fully saturated rings. The van der Waals surface area contributed by atoms with Crippen LogP contribution in [0.4, 0.5) is 11.6 Å². The summed E-state index contributed by atoms with van der Waals surface area (Å²) < 4.78 is 0. The Morgan fingerprint density at radius 2 is 1.60 bits per heavy atom. The molecular weight excluding hydrogens is 248 g/mol. The van der Waals surface area contributed by atoms with Crippen LogP contribution in [0.3, 0.4) is 0 Å². The molecule has 4 heteroatoms. The normalized spacial score (nSPS) is 10.2. The van der Waals surface area contributed by atoms with Gasteiger partial charge in [0.15, 0.2) is 0 Å². The van der Waals surface area contributed by atoms with E-state index in [0.717, 1.165) is 16.9 Å². The van der Waals surface area contributed by atoms with Gasteiger partial charge < -0.3 is 5.32 Å². The number of benzene rings is 1. The molecule has 98 valence electrons. The summed E-state index contributed by atoms with van der Waals surface area (Å²) in [5.41, 5.74) is 4.09. The molecule has 20 heavy (non-hydrogen) atoms. The molecule has 0 aliphatic carbocycles. The maximum Gasteiger partial charge on any atom is 0.227 e. The van der Waals surface area contributed by atoms with Gasteiger partial charge >= 0.3 is 0 Å².